The van der Waals surface area contributed by atoms with Gasteiger partial charge < -0.3 is 5.73 Å². The molecule has 0 unspecified atom stereocenters. The highest BCUT2D eigenvalue weighted by Crippen LogP contribution is 2.36. The van der Waals surface area contributed by atoms with Crippen molar-refractivity contribution in [1.29, 1.82) is 0 Å². The lowest BCUT2D eigenvalue weighted by Gasteiger charge is -2.24. The van der Waals surface area contributed by atoms with Gasteiger partial charge in [-0.25, -0.2) is 4.98 Å². The Labute approximate surface area is 107 Å². The summed E-state index contributed by atoms with van der Waals surface area (Å²) in [7, 11) is 0. The van der Waals surface area contributed by atoms with E-state index in [4.69, 9.17) is 5.73 Å². The van der Waals surface area contributed by atoms with Crippen molar-refractivity contribution in [2.75, 3.05) is 5.73 Å². The molecule has 3 heteroatoms. The third-order valence-corrected chi connectivity index (χ3v) is 3.85. The predicted octanol–water partition coefficient (Wildman–Crippen LogP) is 4.30. The van der Waals surface area contributed by atoms with Crippen molar-refractivity contribution < 1.29 is 0 Å². The van der Waals surface area contributed by atoms with Crippen molar-refractivity contribution in [3.8, 4) is 0 Å². The molecule has 17 heavy (non-hydrogen) atoms. The first-order valence-electron chi connectivity index (χ1n) is 5.99. The molecule has 2 N–H and O–H groups in total. The monoisotopic (exact) mass is 248 g/mol. The number of nitrogens with zero attached hydrogens (tertiary/aromatic N) is 1. The van der Waals surface area contributed by atoms with E-state index in [9.17, 15) is 0 Å². The van der Waals surface area contributed by atoms with Gasteiger partial charge >= 0.3 is 0 Å². The maximum atomic E-state index is 5.78. The lowest BCUT2D eigenvalue weighted by molar-refractivity contribution is 0.578. The molecule has 1 aromatic heterocycles. The van der Waals surface area contributed by atoms with Crippen LogP contribution in [0.4, 0.5) is 5.13 Å². The fourth-order valence-electron chi connectivity index (χ4n) is 2.14. The number of aromatic nitrogens is 1. The van der Waals surface area contributed by atoms with Crippen molar-refractivity contribution >= 4 is 26.7 Å². The average molecular weight is 248 g/mol. The van der Waals surface area contributed by atoms with Gasteiger partial charge in [-0.1, -0.05) is 46.0 Å². The number of rotatable bonds is 1. The standard InChI is InChI=1S/C14H20N2S/c1-8(2)9-6-11-12(17-13(15)16-11)7-10(9)14(3,4)5/h6-8H,1-5H3,(H2,15,16). The van der Waals surface area contributed by atoms with Gasteiger partial charge in [-0.05, 0) is 34.6 Å². The molecule has 0 amide bonds. The third-order valence-electron chi connectivity index (χ3n) is 3.01. The van der Waals surface area contributed by atoms with Crippen LogP contribution in [-0.2, 0) is 5.41 Å². The first kappa shape index (κ1) is 12.4. The maximum Gasteiger partial charge on any atom is 0.181 e. The fourth-order valence-corrected chi connectivity index (χ4v) is 2.89. The van der Waals surface area contributed by atoms with Crippen LogP contribution < -0.4 is 5.73 Å². The molecule has 0 bridgehead atoms. The molecule has 0 saturated heterocycles. The number of benzene rings is 1. The minimum absolute atomic E-state index is 0.159. The van der Waals surface area contributed by atoms with Crippen LogP contribution >= 0.6 is 11.3 Å². The highest BCUT2D eigenvalue weighted by atomic mass is 32.1. The first-order valence-corrected chi connectivity index (χ1v) is 6.81. The molecule has 0 aliphatic rings. The van der Waals surface area contributed by atoms with Gasteiger partial charge in [-0.15, -0.1) is 0 Å². The van der Waals surface area contributed by atoms with Gasteiger partial charge in [0, 0.05) is 0 Å². The van der Waals surface area contributed by atoms with Crippen LogP contribution in [0.15, 0.2) is 12.1 Å². The highest BCUT2D eigenvalue weighted by molar-refractivity contribution is 7.22. The maximum absolute atomic E-state index is 5.78. The Hall–Kier alpha value is -1.09. The van der Waals surface area contributed by atoms with Crippen molar-refractivity contribution in [3.63, 3.8) is 0 Å². The van der Waals surface area contributed by atoms with Crippen molar-refractivity contribution in [2.24, 2.45) is 0 Å². The molecule has 2 rings (SSSR count). The second-order valence-corrected chi connectivity index (χ2v) is 6.93. The first-order chi connectivity index (χ1) is 7.79. The van der Waals surface area contributed by atoms with E-state index in [1.54, 1.807) is 11.3 Å². The second kappa shape index (κ2) is 3.98. The topological polar surface area (TPSA) is 38.9 Å². The summed E-state index contributed by atoms with van der Waals surface area (Å²) in [4.78, 5) is 4.38. The second-order valence-electron chi connectivity index (χ2n) is 5.86. The number of thiazole rings is 1. The molecule has 0 radical (unpaired) electrons. The highest BCUT2D eigenvalue weighted by Gasteiger charge is 2.21. The summed E-state index contributed by atoms with van der Waals surface area (Å²) in [6.45, 7) is 11.2. The van der Waals surface area contributed by atoms with Crippen molar-refractivity contribution in [3.05, 3.63) is 23.3 Å². The molecule has 1 aromatic carbocycles. The van der Waals surface area contributed by atoms with Gasteiger partial charge in [0.1, 0.15) is 0 Å². The molecule has 0 spiro atoms. The van der Waals surface area contributed by atoms with Crippen LogP contribution in [0.25, 0.3) is 10.2 Å². The zero-order chi connectivity index (χ0) is 12.8. The van der Waals surface area contributed by atoms with Crippen LogP contribution in [0.5, 0.6) is 0 Å². The van der Waals surface area contributed by atoms with E-state index >= 15 is 0 Å². The Balaban J connectivity index is 2.74. The summed E-state index contributed by atoms with van der Waals surface area (Å²) in [5, 5.41) is 0.653. The summed E-state index contributed by atoms with van der Waals surface area (Å²) < 4.78 is 1.19. The predicted molar refractivity (Wildman–Crippen MR) is 76.8 cm³/mol. The molecular formula is C14H20N2S. The van der Waals surface area contributed by atoms with E-state index in [0.29, 0.717) is 11.0 Å². The molecule has 0 aliphatic carbocycles. The Morgan fingerprint density at radius 1 is 1.24 bits per heavy atom. The lowest BCUT2D eigenvalue weighted by Crippen LogP contribution is -2.14. The number of hydrogen-bond acceptors (Lipinski definition) is 3. The quantitative estimate of drug-likeness (QED) is 0.817. The van der Waals surface area contributed by atoms with Gasteiger partial charge in [0.2, 0.25) is 0 Å². The van der Waals surface area contributed by atoms with Gasteiger partial charge in [-0.3, -0.25) is 0 Å². The lowest BCUT2D eigenvalue weighted by atomic mass is 9.80. The number of nitrogens with two attached hydrogens (primary N) is 1. The molecular weight excluding hydrogens is 228 g/mol. The summed E-state index contributed by atoms with van der Waals surface area (Å²) in [5.41, 5.74) is 9.76. The number of fused-ring (bicyclic) bond motifs is 1. The number of hydrogen-bond donors (Lipinski definition) is 1. The molecule has 2 aromatic rings. The van der Waals surface area contributed by atoms with Crippen molar-refractivity contribution in [2.45, 2.75) is 46.0 Å². The SMILES string of the molecule is CC(C)c1cc2nc(N)sc2cc1C(C)(C)C. The van der Waals surface area contributed by atoms with E-state index in [-0.39, 0.29) is 5.41 Å². The molecule has 0 fully saturated rings. The number of nitrogen functional groups attached to an aromatic ring is 1. The number of anilines is 1. The molecule has 1 heterocycles. The molecule has 0 aliphatic heterocycles. The minimum Gasteiger partial charge on any atom is -0.375 e. The average Bonchev–Trinajstić information content (AvgIpc) is 2.53. The molecule has 2 nitrogen and oxygen atoms in total. The zero-order valence-corrected chi connectivity index (χ0v) is 12.0. The van der Waals surface area contributed by atoms with E-state index in [2.05, 4.69) is 51.7 Å². The molecule has 92 valence electrons. The largest absolute Gasteiger partial charge is 0.375 e. The summed E-state index contributed by atoms with van der Waals surface area (Å²) in [6.07, 6.45) is 0. The Bertz CT molecular complexity index is 547. The Morgan fingerprint density at radius 3 is 2.41 bits per heavy atom. The Kier molecular flexibility index (Phi) is 2.90. The summed E-state index contributed by atoms with van der Waals surface area (Å²) in [5.74, 6) is 0.511. The van der Waals surface area contributed by atoms with E-state index in [1.807, 2.05) is 0 Å². The Morgan fingerprint density at radius 2 is 1.88 bits per heavy atom. The zero-order valence-electron chi connectivity index (χ0n) is 11.2. The normalized spacial score (nSPS) is 12.6. The van der Waals surface area contributed by atoms with E-state index < -0.39 is 0 Å². The van der Waals surface area contributed by atoms with Crippen LogP contribution in [0.1, 0.15) is 51.7 Å². The van der Waals surface area contributed by atoms with Gasteiger partial charge in [-0.2, -0.15) is 0 Å². The van der Waals surface area contributed by atoms with Crippen LogP contribution in [0, 0.1) is 0 Å². The molecule has 0 atom stereocenters. The van der Waals surface area contributed by atoms with E-state index in [1.165, 1.54) is 15.8 Å². The van der Waals surface area contributed by atoms with Crippen molar-refractivity contribution in [1.82, 2.24) is 4.98 Å². The van der Waals surface area contributed by atoms with Crippen LogP contribution in [0.3, 0.4) is 0 Å². The van der Waals surface area contributed by atoms with Crippen LogP contribution in [0.2, 0.25) is 0 Å². The van der Waals surface area contributed by atoms with Gasteiger partial charge in [0.15, 0.2) is 5.13 Å². The van der Waals surface area contributed by atoms with E-state index in [0.717, 1.165) is 5.52 Å². The smallest absolute Gasteiger partial charge is 0.181 e. The molecule has 0 saturated carbocycles. The fraction of sp³-hybridized carbons (Fsp3) is 0.500. The minimum atomic E-state index is 0.159. The summed E-state index contributed by atoms with van der Waals surface area (Å²) >= 11 is 1.57. The van der Waals surface area contributed by atoms with Gasteiger partial charge in [0.05, 0.1) is 10.2 Å². The van der Waals surface area contributed by atoms with Gasteiger partial charge in [0.25, 0.3) is 0 Å². The summed E-state index contributed by atoms with van der Waals surface area (Å²) in [6, 6.07) is 4.46. The van der Waals surface area contributed by atoms with Crippen LogP contribution in [-0.4, -0.2) is 4.98 Å². The third kappa shape index (κ3) is 2.29.